The van der Waals surface area contributed by atoms with Crippen LogP contribution in [-0.2, 0) is 16.0 Å². The molecule has 0 amide bonds. The maximum absolute atomic E-state index is 11.2. The Hall–Kier alpha value is -1.76. The van der Waals surface area contributed by atoms with Gasteiger partial charge in [-0.25, -0.2) is 4.98 Å². The third kappa shape index (κ3) is 2.33. The Kier molecular flexibility index (Phi) is 3.19. The Bertz CT molecular complexity index is 547. The summed E-state index contributed by atoms with van der Waals surface area (Å²) in [6.07, 6.45) is 0.108. The smallest absolute Gasteiger partial charge is 0.311 e. The van der Waals surface area contributed by atoms with Gasteiger partial charge in [0.25, 0.3) is 0 Å². The molecule has 0 saturated carbocycles. The van der Waals surface area contributed by atoms with Crippen LogP contribution >= 0.6 is 11.5 Å². The molecule has 17 heavy (non-hydrogen) atoms. The van der Waals surface area contributed by atoms with Crippen molar-refractivity contribution in [2.75, 3.05) is 7.11 Å². The molecule has 0 N–H and O–H groups in total. The second kappa shape index (κ2) is 4.62. The molecule has 0 saturated heterocycles. The van der Waals surface area contributed by atoms with Crippen molar-refractivity contribution in [1.29, 1.82) is 0 Å². The lowest BCUT2D eigenvalue weighted by Crippen LogP contribution is -2.05. The van der Waals surface area contributed by atoms with E-state index in [9.17, 15) is 4.79 Å². The van der Waals surface area contributed by atoms with Crippen LogP contribution in [0.5, 0.6) is 0 Å². The lowest BCUT2D eigenvalue weighted by Gasteiger charge is -1.94. The number of nitrogens with zero attached hydrogens (tertiary/aromatic N) is 3. The monoisotopic (exact) mass is 253 g/mol. The van der Waals surface area contributed by atoms with Crippen LogP contribution in [-0.4, -0.2) is 27.7 Å². The number of methoxy groups -OCH3 is 1. The van der Waals surface area contributed by atoms with Crippen LogP contribution in [0, 0.1) is 13.8 Å². The van der Waals surface area contributed by atoms with Crippen molar-refractivity contribution in [1.82, 2.24) is 14.6 Å². The molecule has 2 aromatic rings. The number of rotatable bonds is 3. The SMILES string of the molecule is COC(=O)Cc1nc(-c2snnc2C)oc1C. The fourth-order valence-electron chi connectivity index (χ4n) is 1.33. The van der Waals surface area contributed by atoms with Crippen molar-refractivity contribution < 1.29 is 13.9 Å². The van der Waals surface area contributed by atoms with Gasteiger partial charge in [-0.05, 0) is 25.4 Å². The molecule has 0 atom stereocenters. The number of esters is 1. The molecule has 0 aromatic carbocycles. The van der Waals surface area contributed by atoms with Gasteiger partial charge in [-0.1, -0.05) is 4.49 Å². The summed E-state index contributed by atoms with van der Waals surface area (Å²) in [6, 6.07) is 0. The second-order valence-electron chi connectivity index (χ2n) is 3.46. The van der Waals surface area contributed by atoms with E-state index in [4.69, 9.17) is 4.42 Å². The molecule has 90 valence electrons. The highest BCUT2D eigenvalue weighted by Gasteiger charge is 2.17. The van der Waals surface area contributed by atoms with Gasteiger partial charge in [-0.3, -0.25) is 4.79 Å². The molecule has 6 nitrogen and oxygen atoms in total. The number of aryl methyl sites for hydroxylation is 2. The zero-order chi connectivity index (χ0) is 12.4. The van der Waals surface area contributed by atoms with Crippen molar-refractivity contribution in [2.24, 2.45) is 0 Å². The van der Waals surface area contributed by atoms with Gasteiger partial charge in [-0.2, -0.15) is 0 Å². The van der Waals surface area contributed by atoms with Gasteiger partial charge >= 0.3 is 5.97 Å². The summed E-state index contributed by atoms with van der Waals surface area (Å²) in [4.78, 5) is 16.2. The summed E-state index contributed by atoms with van der Waals surface area (Å²) in [5, 5.41) is 3.89. The molecular formula is C10H11N3O3S. The average Bonchev–Trinajstić information content (AvgIpc) is 2.86. The Morgan fingerprint density at radius 3 is 2.82 bits per heavy atom. The first kappa shape index (κ1) is 11.7. The number of hydrogen-bond donors (Lipinski definition) is 0. The fraction of sp³-hybridized carbons (Fsp3) is 0.400. The molecule has 0 aliphatic carbocycles. The summed E-state index contributed by atoms with van der Waals surface area (Å²) < 4.78 is 13.9. The van der Waals surface area contributed by atoms with Crippen molar-refractivity contribution >= 4 is 17.5 Å². The lowest BCUT2D eigenvalue weighted by molar-refractivity contribution is -0.139. The summed E-state index contributed by atoms with van der Waals surface area (Å²) in [7, 11) is 1.34. The van der Waals surface area contributed by atoms with E-state index < -0.39 is 0 Å². The fourth-order valence-corrected chi connectivity index (χ4v) is 1.91. The topological polar surface area (TPSA) is 78.1 Å². The summed E-state index contributed by atoms with van der Waals surface area (Å²) in [5.74, 6) is 0.721. The first-order chi connectivity index (χ1) is 8.11. The number of carbonyl (C=O) groups is 1. The summed E-state index contributed by atoms with van der Waals surface area (Å²) in [6.45, 7) is 3.59. The van der Waals surface area contributed by atoms with Crippen LogP contribution in [0.1, 0.15) is 17.1 Å². The Labute approximate surface area is 102 Å². The Morgan fingerprint density at radius 2 is 2.24 bits per heavy atom. The Balaban J connectivity index is 2.31. The number of aromatic nitrogens is 3. The minimum absolute atomic E-state index is 0.108. The van der Waals surface area contributed by atoms with Crippen molar-refractivity contribution in [2.45, 2.75) is 20.3 Å². The number of hydrogen-bond acceptors (Lipinski definition) is 7. The largest absolute Gasteiger partial charge is 0.469 e. The summed E-state index contributed by atoms with van der Waals surface area (Å²) in [5.41, 5.74) is 1.35. The van der Waals surface area contributed by atoms with Gasteiger partial charge in [0.2, 0.25) is 5.89 Å². The van der Waals surface area contributed by atoms with E-state index in [0.717, 1.165) is 10.6 Å². The number of ether oxygens (including phenoxy) is 1. The van der Waals surface area contributed by atoms with Gasteiger partial charge < -0.3 is 9.15 Å². The van der Waals surface area contributed by atoms with Crippen molar-refractivity contribution in [3.63, 3.8) is 0 Å². The second-order valence-corrected chi connectivity index (χ2v) is 4.22. The van der Waals surface area contributed by atoms with Crippen molar-refractivity contribution in [3.05, 3.63) is 17.1 Å². The molecule has 0 radical (unpaired) electrons. The highest BCUT2D eigenvalue weighted by Crippen LogP contribution is 2.26. The van der Waals surface area contributed by atoms with E-state index in [1.807, 2.05) is 6.92 Å². The predicted octanol–water partition coefficient (Wildman–Crippen LogP) is 1.53. The standard InChI is InChI=1S/C10H11N3O3S/c1-5-9(17-13-12-5)10-11-7(6(2)16-10)4-8(14)15-3/h4H2,1-3H3. The van der Waals surface area contributed by atoms with E-state index in [2.05, 4.69) is 19.3 Å². The molecule has 7 heteroatoms. The van der Waals surface area contributed by atoms with Crippen LogP contribution in [0.25, 0.3) is 10.8 Å². The van der Waals surface area contributed by atoms with Gasteiger partial charge in [0.05, 0.1) is 24.9 Å². The van der Waals surface area contributed by atoms with Crippen LogP contribution in [0.4, 0.5) is 0 Å². The van der Waals surface area contributed by atoms with Crippen molar-refractivity contribution in [3.8, 4) is 10.8 Å². The molecular weight excluding hydrogens is 242 g/mol. The predicted molar refractivity (Wildman–Crippen MR) is 60.6 cm³/mol. The highest BCUT2D eigenvalue weighted by molar-refractivity contribution is 7.09. The molecule has 2 heterocycles. The van der Waals surface area contributed by atoms with Gasteiger partial charge in [0.1, 0.15) is 10.6 Å². The zero-order valence-electron chi connectivity index (χ0n) is 9.68. The van der Waals surface area contributed by atoms with Crippen LogP contribution < -0.4 is 0 Å². The Morgan fingerprint density at radius 1 is 1.47 bits per heavy atom. The minimum atomic E-state index is -0.341. The normalized spacial score (nSPS) is 10.5. The quantitative estimate of drug-likeness (QED) is 0.772. The van der Waals surface area contributed by atoms with Gasteiger partial charge in [-0.15, -0.1) is 5.10 Å². The molecule has 0 fully saturated rings. The van der Waals surface area contributed by atoms with Crippen LogP contribution in [0.2, 0.25) is 0 Å². The molecule has 0 aliphatic rings. The molecule has 0 spiro atoms. The average molecular weight is 253 g/mol. The first-order valence-electron chi connectivity index (χ1n) is 4.94. The number of oxazole rings is 1. The highest BCUT2D eigenvalue weighted by atomic mass is 32.1. The van der Waals surface area contributed by atoms with Crippen LogP contribution in [0.3, 0.4) is 0 Å². The zero-order valence-corrected chi connectivity index (χ0v) is 10.5. The first-order valence-corrected chi connectivity index (χ1v) is 5.71. The maximum Gasteiger partial charge on any atom is 0.311 e. The van der Waals surface area contributed by atoms with Gasteiger partial charge in [0.15, 0.2) is 0 Å². The number of carbonyl (C=O) groups excluding carboxylic acids is 1. The molecule has 0 bridgehead atoms. The third-order valence-electron chi connectivity index (χ3n) is 2.28. The van der Waals surface area contributed by atoms with Gasteiger partial charge in [0, 0.05) is 0 Å². The molecule has 0 aliphatic heterocycles. The lowest BCUT2D eigenvalue weighted by atomic mass is 10.3. The van der Waals surface area contributed by atoms with E-state index in [0.29, 0.717) is 17.3 Å². The van der Waals surface area contributed by atoms with E-state index in [-0.39, 0.29) is 12.4 Å². The van der Waals surface area contributed by atoms with E-state index in [1.54, 1.807) is 6.92 Å². The summed E-state index contributed by atoms with van der Waals surface area (Å²) >= 11 is 1.22. The van der Waals surface area contributed by atoms with E-state index >= 15 is 0 Å². The molecule has 2 rings (SSSR count). The molecule has 2 aromatic heterocycles. The third-order valence-corrected chi connectivity index (χ3v) is 3.09. The van der Waals surface area contributed by atoms with E-state index in [1.165, 1.54) is 18.6 Å². The van der Waals surface area contributed by atoms with Crippen LogP contribution in [0.15, 0.2) is 4.42 Å². The minimum Gasteiger partial charge on any atom is -0.469 e. The molecule has 0 unspecified atom stereocenters. The maximum atomic E-state index is 11.2.